The van der Waals surface area contributed by atoms with Crippen LogP contribution in [-0.2, 0) is 28.5 Å². The van der Waals surface area contributed by atoms with Gasteiger partial charge < -0.3 is 44.1 Å². The van der Waals surface area contributed by atoms with E-state index < -0.39 is 53.6 Å². The van der Waals surface area contributed by atoms with E-state index in [2.05, 4.69) is 34.6 Å². The second-order valence-electron chi connectivity index (χ2n) is 18.8. The lowest BCUT2D eigenvalue weighted by Crippen LogP contribution is -2.61. The molecule has 8 aliphatic rings. The fourth-order valence-electron chi connectivity index (χ4n) is 14.4. The molecule has 3 spiro atoms. The van der Waals surface area contributed by atoms with E-state index in [4.69, 9.17) is 23.7 Å². The molecule has 5 aliphatic carbocycles. The second kappa shape index (κ2) is 9.93. The van der Waals surface area contributed by atoms with Gasteiger partial charge in [0.25, 0.3) is 0 Å². The lowest BCUT2D eigenvalue weighted by molar-refractivity contribution is -0.303. The molecule has 0 aromatic rings. The van der Waals surface area contributed by atoms with Crippen LogP contribution in [-0.4, -0.2) is 93.4 Å². The molecule has 3 aliphatic heterocycles. The first-order valence-electron chi connectivity index (χ1n) is 18.4. The van der Waals surface area contributed by atoms with Crippen molar-refractivity contribution in [2.75, 3.05) is 6.61 Å². The van der Waals surface area contributed by atoms with Gasteiger partial charge in [0.05, 0.1) is 18.8 Å². The Bertz CT molecular complexity index is 1320. The van der Waals surface area contributed by atoms with Gasteiger partial charge in [0.1, 0.15) is 36.1 Å². The van der Waals surface area contributed by atoms with Crippen molar-refractivity contribution in [3.8, 4) is 0 Å². The molecule has 47 heavy (non-hydrogen) atoms. The van der Waals surface area contributed by atoms with E-state index >= 15 is 0 Å². The summed E-state index contributed by atoms with van der Waals surface area (Å²) in [5.74, 6) is -0.402. The molecule has 3 unspecified atom stereocenters. The highest BCUT2D eigenvalue weighted by atomic mass is 16.8. The lowest BCUT2D eigenvalue weighted by Gasteiger charge is -2.63. The molecule has 10 nitrogen and oxygen atoms in total. The van der Waals surface area contributed by atoms with E-state index in [1.807, 2.05) is 13.8 Å². The maximum absolute atomic E-state index is 12.8. The number of carbonyl (C=O) groups is 1. The van der Waals surface area contributed by atoms with Gasteiger partial charge in [-0.05, 0) is 105 Å². The molecule has 4 N–H and O–H groups in total. The highest BCUT2D eigenvalue weighted by molar-refractivity contribution is 5.66. The van der Waals surface area contributed by atoms with Crippen molar-refractivity contribution in [1.29, 1.82) is 0 Å². The van der Waals surface area contributed by atoms with E-state index in [0.717, 1.165) is 51.4 Å². The van der Waals surface area contributed by atoms with Crippen molar-refractivity contribution < 1.29 is 48.9 Å². The zero-order chi connectivity index (χ0) is 33.9. The average Bonchev–Trinajstić information content (AvgIpc) is 3.49. The molecule has 0 radical (unpaired) electrons. The fraction of sp³-hybridized carbons (Fsp3) is 0.973. The van der Waals surface area contributed by atoms with Crippen molar-refractivity contribution in [1.82, 2.24) is 0 Å². The Kier molecular flexibility index (Phi) is 7.03. The number of hydrogen-bond donors (Lipinski definition) is 4. The topological polar surface area (TPSA) is 144 Å². The molecule has 17 atom stereocenters. The van der Waals surface area contributed by atoms with Crippen LogP contribution in [0.25, 0.3) is 0 Å². The summed E-state index contributed by atoms with van der Waals surface area (Å²) in [5.41, 5.74) is -1.36. The quantitative estimate of drug-likeness (QED) is 0.260. The number of hydrogen-bond acceptors (Lipinski definition) is 10. The van der Waals surface area contributed by atoms with E-state index in [1.165, 1.54) is 6.92 Å². The van der Waals surface area contributed by atoms with Gasteiger partial charge in [-0.25, -0.2) is 0 Å². The van der Waals surface area contributed by atoms with Crippen LogP contribution >= 0.6 is 0 Å². The third kappa shape index (κ3) is 3.88. The molecule has 3 saturated heterocycles. The minimum absolute atomic E-state index is 0.0329. The largest absolute Gasteiger partial charge is 0.457 e. The van der Waals surface area contributed by atoms with Crippen molar-refractivity contribution in [3.05, 3.63) is 0 Å². The van der Waals surface area contributed by atoms with Crippen molar-refractivity contribution in [2.45, 2.75) is 167 Å². The molecule has 3 heterocycles. The van der Waals surface area contributed by atoms with Crippen LogP contribution in [0.3, 0.4) is 0 Å². The summed E-state index contributed by atoms with van der Waals surface area (Å²) in [7, 11) is 0. The van der Waals surface area contributed by atoms with Crippen LogP contribution in [0.2, 0.25) is 0 Å². The molecule has 8 fully saturated rings. The Balaban J connectivity index is 1.09. The Morgan fingerprint density at radius 1 is 0.894 bits per heavy atom. The number of aliphatic hydroxyl groups excluding tert-OH is 4. The van der Waals surface area contributed by atoms with Crippen LogP contribution in [0.5, 0.6) is 0 Å². The van der Waals surface area contributed by atoms with Gasteiger partial charge in [-0.1, -0.05) is 34.6 Å². The van der Waals surface area contributed by atoms with Crippen molar-refractivity contribution >= 4 is 5.97 Å². The zero-order valence-corrected chi connectivity index (χ0v) is 29.5. The number of rotatable bonds is 4. The first kappa shape index (κ1) is 33.3. The number of aliphatic hydroxyl groups is 4. The van der Waals surface area contributed by atoms with Crippen molar-refractivity contribution in [3.63, 3.8) is 0 Å². The van der Waals surface area contributed by atoms with Gasteiger partial charge in [-0.2, -0.15) is 0 Å². The molecule has 0 aromatic carbocycles. The van der Waals surface area contributed by atoms with Gasteiger partial charge in [0, 0.05) is 18.3 Å². The third-order valence-corrected chi connectivity index (χ3v) is 16.3. The number of esters is 1. The summed E-state index contributed by atoms with van der Waals surface area (Å²) in [6, 6.07) is 0. The number of fused-ring (bicyclic) bond motifs is 4. The van der Waals surface area contributed by atoms with E-state index in [0.29, 0.717) is 11.8 Å². The maximum Gasteiger partial charge on any atom is 0.303 e. The molecule has 5 saturated carbocycles. The molecular weight excluding hydrogens is 604 g/mol. The lowest BCUT2D eigenvalue weighted by atomic mass is 9.41. The van der Waals surface area contributed by atoms with Gasteiger partial charge in [-0.15, -0.1) is 0 Å². The first-order chi connectivity index (χ1) is 21.8. The summed E-state index contributed by atoms with van der Waals surface area (Å²) in [5, 5.41) is 43.7. The Morgan fingerprint density at radius 2 is 1.57 bits per heavy atom. The Hall–Kier alpha value is -0.850. The number of carbonyl (C=O) groups excluding carboxylic acids is 1. The van der Waals surface area contributed by atoms with Crippen LogP contribution < -0.4 is 0 Å². The van der Waals surface area contributed by atoms with Gasteiger partial charge in [-0.3, -0.25) is 4.79 Å². The van der Waals surface area contributed by atoms with Crippen LogP contribution in [0.1, 0.15) is 107 Å². The highest BCUT2D eigenvalue weighted by Crippen LogP contribution is 2.90. The predicted octanol–water partition coefficient (Wildman–Crippen LogP) is 3.69. The third-order valence-electron chi connectivity index (χ3n) is 16.3. The minimum atomic E-state index is -1.29. The average molecular weight is 663 g/mol. The normalized spacial score (nSPS) is 58.8. The molecule has 2 bridgehead atoms. The molecule has 10 heteroatoms. The van der Waals surface area contributed by atoms with Gasteiger partial charge >= 0.3 is 5.97 Å². The fourth-order valence-corrected chi connectivity index (χ4v) is 14.4. The Labute approximate surface area is 279 Å². The van der Waals surface area contributed by atoms with Gasteiger partial charge in [0.2, 0.25) is 0 Å². The molecule has 0 amide bonds. The minimum Gasteiger partial charge on any atom is -0.457 e. The molecule has 8 rings (SSSR count). The van der Waals surface area contributed by atoms with Crippen LogP contribution in [0, 0.1) is 50.7 Å². The highest BCUT2D eigenvalue weighted by Gasteiger charge is 2.88. The summed E-state index contributed by atoms with van der Waals surface area (Å²) in [6.45, 7) is 16.8. The zero-order valence-electron chi connectivity index (χ0n) is 29.5. The Morgan fingerprint density at radius 3 is 2.28 bits per heavy atom. The predicted molar refractivity (Wildman–Crippen MR) is 168 cm³/mol. The van der Waals surface area contributed by atoms with E-state index in [9.17, 15) is 25.2 Å². The molecular formula is C37H58O10. The maximum atomic E-state index is 12.8. The molecule has 0 aromatic heterocycles. The smallest absolute Gasteiger partial charge is 0.303 e. The summed E-state index contributed by atoms with van der Waals surface area (Å²) < 4.78 is 31.9. The van der Waals surface area contributed by atoms with Crippen molar-refractivity contribution in [2.24, 2.45) is 50.7 Å². The first-order valence-corrected chi connectivity index (χ1v) is 18.4. The summed E-state index contributed by atoms with van der Waals surface area (Å²) in [6.07, 6.45) is 1.72. The van der Waals surface area contributed by atoms with Crippen LogP contribution in [0.4, 0.5) is 0 Å². The van der Waals surface area contributed by atoms with Gasteiger partial charge in [0.15, 0.2) is 12.1 Å². The monoisotopic (exact) mass is 662 g/mol. The summed E-state index contributed by atoms with van der Waals surface area (Å²) in [4.78, 5) is 12.1. The SMILES string of the molecule is CC(=O)OC(C)(C)C1OC23OC1C[C@@H](C)[C@@H]2[C@@]1(C)CC[C@@]24C[C@@]25CC[C@H](O[C@@H]2OC[C@@H](O)[C@H](O)[C@H]2O)C(C)(C)[C@@H]5CC[C@H]4[C@]1(C)[C@H]3O. The van der Waals surface area contributed by atoms with Crippen LogP contribution in [0.15, 0.2) is 0 Å². The number of ether oxygens (including phenoxy) is 5. The van der Waals surface area contributed by atoms with E-state index in [1.54, 1.807) is 0 Å². The van der Waals surface area contributed by atoms with E-state index in [-0.39, 0.29) is 58.3 Å². The molecule has 266 valence electrons. The summed E-state index contributed by atoms with van der Waals surface area (Å²) >= 11 is 0. The standard InChI is InChI=1S/C37H58O10/c1-18-15-21-28(32(5,6)45-19(2)38)47-37(46-21)27(18)33(7)13-14-36-17-35(36)12-11-24(44-29-26(41)25(40)20(39)16-43-29)31(3,4)22(35)9-10-23(36)34(33,8)30(37)42/h18,20-30,39-42H,9-17H2,1-8H3/t18-,20-,21?,22+,23+,24+,25+,26-,27-,28?,29+,30-,33-,34-,35-,36+,37?/m1/s1. The second-order valence-corrected chi connectivity index (χ2v) is 18.8.